The second kappa shape index (κ2) is 33.2. The zero-order chi connectivity index (χ0) is 65.8. The first-order valence-electron chi connectivity index (χ1n) is 30.0. The lowest BCUT2D eigenvalue weighted by Gasteiger charge is -2.33. The van der Waals surface area contributed by atoms with Gasteiger partial charge in [-0.25, -0.2) is 41.6 Å². The van der Waals surface area contributed by atoms with Crippen LogP contribution in [0.25, 0.3) is 22.5 Å². The second-order valence-corrected chi connectivity index (χ2v) is 29.3. The van der Waals surface area contributed by atoms with Gasteiger partial charge in [0.2, 0.25) is 0 Å². The van der Waals surface area contributed by atoms with E-state index in [0.29, 0.717) is 83.4 Å². The zero-order valence-corrected chi connectivity index (χ0v) is 55.6. The number of hydrogen-bond donors (Lipinski definition) is 6. The minimum atomic E-state index is -3.81. The van der Waals surface area contributed by atoms with E-state index in [2.05, 4.69) is 56.7 Å². The molecule has 89 heavy (non-hydrogen) atoms. The summed E-state index contributed by atoms with van der Waals surface area (Å²) in [6, 6.07) is 23.2. The smallest absolute Gasteiger partial charge is 0.407 e. The van der Waals surface area contributed by atoms with Crippen LogP contribution in [0.3, 0.4) is 0 Å². The van der Waals surface area contributed by atoms with Crippen molar-refractivity contribution in [2.24, 2.45) is 0 Å². The fourth-order valence-electron chi connectivity index (χ4n) is 9.03. The van der Waals surface area contributed by atoms with E-state index in [1.54, 1.807) is 111 Å². The topological polar surface area (TPSA) is 307 Å². The zero-order valence-electron chi connectivity index (χ0n) is 54.0. The van der Waals surface area contributed by atoms with Crippen molar-refractivity contribution in [1.82, 2.24) is 25.3 Å². The Morgan fingerprint density at radius 3 is 1.98 bits per heavy atom. The number of nitrogens with zero attached hydrogens (tertiary/aromatic N) is 4. The molecule has 0 unspecified atom stereocenters. The Labute approximate surface area is 529 Å². The predicted octanol–water partition coefficient (Wildman–Crippen LogP) is 14.2. The molecule has 8 N–H and O–H groups in total. The number of fused-ring (bicyclic) bond motifs is 13. The number of nitrogen functional groups attached to an aromatic ring is 2. The van der Waals surface area contributed by atoms with Crippen LogP contribution in [0.1, 0.15) is 194 Å². The van der Waals surface area contributed by atoms with Crippen molar-refractivity contribution in [1.29, 1.82) is 0 Å². The summed E-state index contributed by atoms with van der Waals surface area (Å²) < 4.78 is 68.0. The number of para-hydroxylation sites is 2. The van der Waals surface area contributed by atoms with Crippen LogP contribution in [-0.2, 0) is 31.0 Å². The Balaban J connectivity index is 0.000000447. The average Bonchev–Trinajstić information content (AvgIpc) is 0.934. The summed E-state index contributed by atoms with van der Waals surface area (Å²) in [5.41, 5.74) is 14.3. The summed E-state index contributed by atoms with van der Waals surface area (Å²) in [6.45, 7) is 28.4. The van der Waals surface area contributed by atoms with Gasteiger partial charge in [-0.1, -0.05) is 123 Å². The maximum Gasteiger partial charge on any atom is 0.407 e. The number of hydrogen-bond acceptors (Lipinski definition) is 17. The molecule has 2 aromatic heterocycles. The molecule has 0 saturated heterocycles. The molecule has 4 aromatic carbocycles. The molecule has 8 rings (SSSR count). The summed E-state index contributed by atoms with van der Waals surface area (Å²) >= 11 is 0. The van der Waals surface area contributed by atoms with Crippen molar-refractivity contribution in [2.75, 3.05) is 35.3 Å². The lowest BCUT2D eigenvalue weighted by Crippen LogP contribution is -2.41. The van der Waals surface area contributed by atoms with Crippen LogP contribution in [0.4, 0.5) is 27.8 Å². The molecule has 2 aliphatic rings. The van der Waals surface area contributed by atoms with Gasteiger partial charge in [-0.3, -0.25) is 9.59 Å². The number of carbonyl (C=O) groups excluding carboxylic acids is 3. The number of unbranched alkanes of at least 4 members (excludes halogenated alkanes) is 1. The minimum absolute atomic E-state index is 0. The third-order valence-corrected chi connectivity index (χ3v) is 18.5. The quantitative estimate of drug-likeness (QED) is 0.0694. The van der Waals surface area contributed by atoms with Crippen molar-refractivity contribution in [3.8, 4) is 34.0 Å². The highest BCUT2D eigenvalue weighted by molar-refractivity contribution is 7.93. The number of nitrogens with two attached hydrogens (primary N) is 2. The van der Waals surface area contributed by atoms with Crippen molar-refractivity contribution in [2.45, 2.75) is 206 Å². The molecule has 4 heterocycles. The van der Waals surface area contributed by atoms with Gasteiger partial charge in [-0.05, 0) is 137 Å². The third-order valence-electron chi connectivity index (χ3n) is 13.5. The number of amides is 3. The molecule has 1 atom stereocenters. The van der Waals surface area contributed by atoms with E-state index in [9.17, 15) is 36.3 Å². The van der Waals surface area contributed by atoms with Crippen LogP contribution in [-0.4, -0.2) is 93.7 Å². The number of nitrogens with one attached hydrogen (secondary N) is 3. The van der Waals surface area contributed by atoms with Crippen molar-refractivity contribution >= 4 is 60.6 Å². The summed E-state index contributed by atoms with van der Waals surface area (Å²) in [6.07, 6.45) is 8.90. The Kier molecular flexibility index (Phi) is 28.2. The Bertz CT molecular complexity index is 3530. The van der Waals surface area contributed by atoms with Crippen LogP contribution in [0, 0.1) is 6.92 Å². The van der Waals surface area contributed by atoms with E-state index < -0.39 is 58.3 Å². The first kappa shape index (κ1) is 75.6. The van der Waals surface area contributed by atoms with Crippen LogP contribution in [0.2, 0.25) is 0 Å². The van der Waals surface area contributed by atoms with E-state index in [1.807, 2.05) is 32.9 Å². The summed E-state index contributed by atoms with van der Waals surface area (Å²) in [5.74, 6) is -0.265. The summed E-state index contributed by atoms with van der Waals surface area (Å²) in [4.78, 5) is 56.6. The number of rotatable bonds is 10. The van der Waals surface area contributed by atoms with Gasteiger partial charge in [0, 0.05) is 23.2 Å². The normalized spacial score (nSPS) is 15.8. The SMILES string of the molecule is C.CC.CC(C)(C)OC(=O)NCc1cccc2c1OCCCCCC[C@@](C)(O)CC(C)(C)S(=O)(=O)c1ccc(cc1)-c1cnc(N)c(n1)C(=O)N2.CCC.CCCCOc1c(C)cccc1NC(=O)c1nc(-c2ccc(S(=O)(=O)C(C)(C)C)cc2)cnc1N. The number of anilines is 4. The molecule has 0 spiro atoms. The molecular weight excluding hydrogens is 1170 g/mol. The van der Waals surface area contributed by atoms with Gasteiger partial charge in [-0.2, -0.15) is 0 Å². The Morgan fingerprint density at radius 2 is 1.38 bits per heavy atom. The number of aryl methyl sites for hydroxylation is 1. The average molecular weight is 1270 g/mol. The van der Waals surface area contributed by atoms with E-state index in [1.165, 1.54) is 43.1 Å². The van der Waals surface area contributed by atoms with E-state index in [4.69, 9.17) is 25.7 Å². The first-order valence-corrected chi connectivity index (χ1v) is 33.0. The van der Waals surface area contributed by atoms with Gasteiger partial charge in [0.1, 0.15) is 17.1 Å². The fraction of sp³-hybridized carbons (Fsp3) is 0.478. The lowest BCUT2D eigenvalue weighted by atomic mass is 9.88. The molecule has 0 saturated carbocycles. The Hall–Kier alpha value is -7.69. The molecule has 0 aliphatic carbocycles. The number of aromatic nitrogens is 4. The van der Waals surface area contributed by atoms with Crippen molar-refractivity contribution < 1.29 is 50.5 Å². The number of ether oxygens (including phenoxy) is 3. The van der Waals surface area contributed by atoms with Gasteiger partial charge in [0.15, 0.2) is 42.7 Å². The van der Waals surface area contributed by atoms with E-state index in [-0.39, 0.29) is 53.2 Å². The van der Waals surface area contributed by atoms with Gasteiger partial charge in [-0.15, -0.1) is 0 Å². The molecule has 4 bridgehead atoms. The number of sulfone groups is 2. The van der Waals surface area contributed by atoms with Crippen molar-refractivity contribution in [3.05, 3.63) is 120 Å². The highest BCUT2D eigenvalue weighted by Gasteiger charge is 2.41. The van der Waals surface area contributed by atoms with Crippen LogP contribution in [0.5, 0.6) is 11.5 Å². The number of aliphatic hydroxyl groups is 1. The van der Waals surface area contributed by atoms with Crippen LogP contribution >= 0.6 is 0 Å². The van der Waals surface area contributed by atoms with Gasteiger partial charge in [0.25, 0.3) is 11.8 Å². The van der Waals surface area contributed by atoms with Crippen LogP contribution < -0.4 is 36.9 Å². The Morgan fingerprint density at radius 1 is 0.809 bits per heavy atom. The molecule has 3 amide bonds. The van der Waals surface area contributed by atoms with E-state index in [0.717, 1.165) is 31.2 Å². The maximum absolute atomic E-state index is 13.7. The molecule has 22 heteroatoms. The van der Waals surface area contributed by atoms with Crippen molar-refractivity contribution in [3.63, 3.8) is 0 Å². The molecule has 0 fully saturated rings. The largest absolute Gasteiger partial charge is 0.491 e. The fourth-order valence-corrected chi connectivity index (χ4v) is 11.9. The molecule has 20 nitrogen and oxygen atoms in total. The lowest BCUT2D eigenvalue weighted by molar-refractivity contribution is 0.0308. The molecule has 2 aliphatic heterocycles. The highest BCUT2D eigenvalue weighted by atomic mass is 32.2. The molecule has 0 radical (unpaired) electrons. The first-order chi connectivity index (χ1) is 41.2. The standard InChI is InChI=1S/C35H47N5O7S.C26H32N4O4S.C3H8.C2H6.CH4/c1-33(2,3)47-32(42)38-20-24-12-11-13-26-29(24)46-19-10-8-7-9-18-35(6,43)22-34(4,5)48(44,45)25-16-14-23(15-17-25)27-21-37-30(36)28(39-27)31(41)40-26;1-6-7-15-34-23-17(2)9-8-10-20(23)30-25(31)22-24(27)28-16-21(29-22)18-11-13-19(14-12-18)35(32,33)26(3,4)5;1-3-2;1-2;/h11-17,21,43H,7-10,18-20,22H2,1-6H3,(H2,36,37)(H,38,42)(H,40,41);8-14,16H,6-7,15H2,1-5H3,(H2,27,28)(H,30,31);3H2,1-2H3;1-2H3;1H4/t35-;;;;/m1..../s1. The summed E-state index contributed by atoms with van der Waals surface area (Å²) in [5, 5.41) is 19.6. The van der Waals surface area contributed by atoms with Crippen LogP contribution in [0.15, 0.2) is 107 Å². The number of benzene rings is 4. The summed E-state index contributed by atoms with van der Waals surface area (Å²) in [7, 11) is -7.30. The maximum atomic E-state index is 13.7. The predicted molar refractivity (Wildman–Crippen MR) is 357 cm³/mol. The van der Waals surface area contributed by atoms with Gasteiger partial charge in [0.05, 0.1) is 73.3 Å². The van der Waals surface area contributed by atoms with E-state index >= 15 is 0 Å². The molecular formula is C67H97N9O11S2. The van der Waals surface area contributed by atoms with Gasteiger partial charge < -0.3 is 46.7 Å². The third kappa shape index (κ3) is 21.2. The monoisotopic (exact) mass is 1270 g/mol. The molecule has 488 valence electrons. The molecule has 6 aromatic rings. The number of alkyl carbamates (subject to hydrolysis) is 1. The highest BCUT2D eigenvalue weighted by Crippen LogP contribution is 2.37. The minimum Gasteiger partial charge on any atom is -0.491 e. The number of carbonyl (C=O) groups is 3. The van der Waals surface area contributed by atoms with Gasteiger partial charge >= 0.3 is 6.09 Å². The second-order valence-electron chi connectivity index (χ2n) is 24.0.